The lowest BCUT2D eigenvalue weighted by atomic mass is 9.96. The third-order valence-corrected chi connectivity index (χ3v) is 6.25. The van der Waals surface area contributed by atoms with Gasteiger partial charge in [0.1, 0.15) is 40.5 Å². The van der Waals surface area contributed by atoms with E-state index in [1.54, 1.807) is 32.2 Å². The number of nitrogen functional groups attached to an aromatic ring is 1. The molecule has 1 saturated heterocycles. The molecule has 1 fully saturated rings. The van der Waals surface area contributed by atoms with Crippen molar-refractivity contribution in [3.8, 4) is 11.3 Å². The summed E-state index contributed by atoms with van der Waals surface area (Å²) in [6.07, 6.45) is 6.08. The van der Waals surface area contributed by atoms with Gasteiger partial charge in [-0.05, 0) is 26.7 Å². The van der Waals surface area contributed by atoms with Crippen LogP contribution in [0.3, 0.4) is 0 Å². The molecule has 168 valence electrons. The SMILES string of the molecule is Cc1noc(C)c1C(=O)N1CCCC(c2nc(-c3ccc(C=O)cc3)c3c(N)nccn23)C1. The number of imidazole rings is 1. The van der Waals surface area contributed by atoms with E-state index in [-0.39, 0.29) is 11.8 Å². The molecule has 5 rings (SSSR count). The van der Waals surface area contributed by atoms with Crippen molar-refractivity contribution in [2.75, 3.05) is 18.8 Å². The maximum Gasteiger partial charge on any atom is 0.259 e. The molecule has 4 heterocycles. The minimum absolute atomic E-state index is 0.0282. The number of nitrogens with zero attached hydrogens (tertiary/aromatic N) is 5. The number of aryl methyl sites for hydroxylation is 2. The second kappa shape index (κ2) is 8.16. The zero-order chi connectivity index (χ0) is 23.1. The van der Waals surface area contributed by atoms with E-state index in [1.807, 2.05) is 27.6 Å². The van der Waals surface area contributed by atoms with Gasteiger partial charge in [-0.1, -0.05) is 29.4 Å². The normalized spacial score (nSPS) is 16.3. The number of amides is 1. The molecule has 9 nitrogen and oxygen atoms in total. The van der Waals surface area contributed by atoms with Gasteiger partial charge in [0.2, 0.25) is 0 Å². The number of fused-ring (bicyclic) bond motifs is 1. The fourth-order valence-corrected chi connectivity index (χ4v) is 4.61. The van der Waals surface area contributed by atoms with Crippen molar-refractivity contribution < 1.29 is 14.1 Å². The fraction of sp³-hybridized carbons (Fsp3) is 0.292. The lowest BCUT2D eigenvalue weighted by Gasteiger charge is -2.32. The lowest BCUT2D eigenvalue weighted by molar-refractivity contribution is 0.0702. The summed E-state index contributed by atoms with van der Waals surface area (Å²) >= 11 is 0. The number of nitrogens with two attached hydrogens (primary N) is 1. The van der Waals surface area contributed by atoms with Crippen molar-refractivity contribution in [2.45, 2.75) is 32.6 Å². The standard InChI is InChI=1S/C24H24N6O3/c1-14-19(15(2)33-28-14)24(32)29-10-3-4-18(12-29)23-27-20(17-7-5-16(13-31)6-8-17)21-22(25)26-9-11-30(21)23/h5-9,11,13,18H,3-4,10,12H2,1-2H3,(H2,25,26). The number of rotatable bonds is 4. The molecule has 1 atom stereocenters. The number of hydrogen-bond donors (Lipinski definition) is 1. The largest absolute Gasteiger partial charge is 0.382 e. The predicted octanol–water partition coefficient (Wildman–Crippen LogP) is 3.42. The van der Waals surface area contributed by atoms with Gasteiger partial charge in [-0.2, -0.15) is 0 Å². The highest BCUT2D eigenvalue weighted by Crippen LogP contribution is 2.34. The van der Waals surface area contributed by atoms with Crippen molar-refractivity contribution in [1.29, 1.82) is 0 Å². The Balaban J connectivity index is 1.53. The number of aromatic nitrogens is 4. The average Bonchev–Trinajstić information content (AvgIpc) is 3.39. The summed E-state index contributed by atoms with van der Waals surface area (Å²) in [7, 11) is 0. The molecule has 0 spiro atoms. The molecule has 0 aliphatic carbocycles. The number of carbonyl (C=O) groups excluding carboxylic acids is 2. The van der Waals surface area contributed by atoms with Gasteiger partial charge in [-0.25, -0.2) is 9.97 Å². The maximum absolute atomic E-state index is 13.2. The summed E-state index contributed by atoms with van der Waals surface area (Å²) in [6.45, 7) is 4.75. The van der Waals surface area contributed by atoms with Crippen LogP contribution in [0.1, 0.15) is 56.8 Å². The first-order chi connectivity index (χ1) is 16.0. The number of hydrogen-bond acceptors (Lipinski definition) is 7. The van der Waals surface area contributed by atoms with E-state index in [0.29, 0.717) is 47.2 Å². The Morgan fingerprint density at radius 2 is 2.03 bits per heavy atom. The first kappa shape index (κ1) is 20.9. The summed E-state index contributed by atoms with van der Waals surface area (Å²) in [5.74, 6) is 1.71. The summed E-state index contributed by atoms with van der Waals surface area (Å²) in [5.41, 5.74) is 10.3. The maximum atomic E-state index is 13.2. The Labute approximate surface area is 190 Å². The monoisotopic (exact) mass is 444 g/mol. The van der Waals surface area contributed by atoms with E-state index in [9.17, 15) is 9.59 Å². The van der Waals surface area contributed by atoms with Crippen molar-refractivity contribution in [2.24, 2.45) is 0 Å². The second-order valence-corrected chi connectivity index (χ2v) is 8.38. The van der Waals surface area contributed by atoms with E-state index >= 15 is 0 Å². The van der Waals surface area contributed by atoms with Crippen molar-refractivity contribution >= 4 is 23.5 Å². The van der Waals surface area contributed by atoms with Crippen LogP contribution in [0.15, 0.2) is 41.2 Å². The molecule has 4 aromatic rings. The van der Waals surface area contributed by atoms with Crippen LogP contribution in [-0.2, 0) is 0 Å². The summed E-state index contributed by atoms with van der Waals surface area (Å²) in [4.78, 5) is 35.4. The van der Waals surface area contributed by atoms with Gasteiger partial charge < -0.3 is 15.2 Å². The highest BCUT2D eigenvalue weighted by atomic mass is 16.5. The molecule has 0 saturated carbocycles. The van der Waals surface area contributed by atoms with Crippen LogP contribution in [0.25, 0.3) is 16.8 Å². The van der Waals surface area contributed by atoms with E-state index in [0.717, 1.165) is 36.0 Å². The topological polar surface area (TPSA) is 120 Å². The first-order valence-corrected chi connectivity index (χ1v) is 10.9. The third kappa shape index (κ3) is 3.55. The van der Waals surface area contributed by atoms with E-state index in [4.69, 9.17) is 15.2 Å². The number of aldehydes is 1. The van der Waals surface area contributed by atoms with Crippen LogP contribution in [0, 0.1) is 13.8 Å². The molecule has 1 aliphatic heterocycles. The van der Waals surface area contributed by atoms with Gasteiger partial charge in [0, 0.05) is 42.5 Å². The van der Waals surface area contributed by atoms with Crippen molar-refractivity contribution in [3.05, 3.63) is 65.1 Å². The third-order valence-electron chi connectivity index (χ3n) is 6.25. The van der Waals surface area contributed by atoms with Crippen LogP contribution < -0.4 is 5.73 Å². The molecule has 1 amide bonds. The van der Waals surface area contributed by atoms with E-state index in [2.05, 4.69) is 10.1 Å². The molecule has 1 unspecified atom stereocenters. The van der Waals surface area contributed by atoms with Crippen molar-refractivity contribution in [3.63, 3.8) is 0 Å². The minimum Gasteiger partial charge on any atom is -0.382 e. The molecule has 1 aromatic carbocycles. The fourth-order valence-electron chi connectivity index (χ4n) is 4.61. The lowest BCUT2D eigenvalue weighted by Crippen LogP contribution is -2.40. The number of benzene rings is 1. The summed E-state index contributed by atoms with van der Waals surface area (Å²) < 4.78 is 7.17. The summed E-state index contributed by atoms with van der Waals surface area (Å²) in [6, 6.07) is 7.22. The molecule has 33 heavy (non-hydrogen) atoms. The predicted molar refractivity (Wildman–Crippen MR) is 122 cm³/mol. The average molecular weight is 444 g/mol. The molecule has 0 radical (unpaired) electrons. The molecule has 1 aliphatic rings. The molecular weight excluding hydrogens is 420 g/mol. The van der Waals surface area contributed by atoms with Gasteiger partial charge in [-0.15, -0.1) is 0 Å². The van der Waals surface area contributed by atoms with Gasteiger partial charge in [0.15, 0.2) is 0 Å². The highest BCUT2D eigenvalue weighted by Gasteiger charge is 2.31. The van der Waals surface area contributed by atoms with E-state index in [1.165, 1.54) is 0 Å². The Hall–Kier alpha value is -4.01. The van der Waals surface area contributed by atoms with Gasteiger partial charge in [0.05, 0.1) is 5.69 Å². The molecule has 3 aromatic heterocycles. The Kier molecular flexibility index (Phi) is 5.16. The molecular formula is C24H24N6O3. The van der Waals surface area contributed by atoms with Crippen molar-refractivity contribution in [1.82, 2.24) is 24.4 Å². The summed E-state index contributed by atoms with van der Waals surface area (Å²) in [5, 5.41) is 3.93. The Morgan fingerprint density at radius 3 is 2.73 bits per heavy atom. The zero-order valence-corrected chi connectivity index (χ0v) is 18.5. The number of anilines is 1. The first-order valence-electron chi connectivity index (χ1n) is 10.9. The number of carbonyl (C=O) groups is 2. The molecule has 0 bridgehead atoms. The van der Waals surface area contributed by atoms with Crippen LogP contribution in [0.4, 0.5) is 5.82 Å². The molecule has 9 heteroatoms. The van der Waals surface area contributed by atoms with Crippen LogP contribution in [0.5, 0.6) is 0 Å². The highest BCUT2D eigenvalue weighted by molar-refractivity contribution is 5.96. The van der Waals surface area contributed by atoms with E-state index < -0.39 is 0 Å². The Morgan fingerprint density at radius 1 is 1.24 bits per heavy atom. The van der Waals surface area contributed by atoms with Gasteiger partial charge >= 0.3 is 0 Å². The number of likely N-dealkylation sites (tertiary alicyclic amines) is 1. The van der Waals surface area contributed by atoms with Crippen LogP contribution >= 0.6 is 0 Å². The number of piperidine rings is 1. The van der Waals surface area contributed by atoms with Gasteiger partial charge in [-0.3, -0.25) is 14.0 Å². The Bertz CT molecular complexity index is 1340. The zero-order valence-electron chi connectivity index (χ0n) is 18.5. The minimum atomic E-state index is -0.0670. The van der Waals surface area contributed by atoms with Crippen LogP contribution in [0.2, 0.25) is 0 Å². The van der Waals surface area contributed by atoms with Gasteiger partial charge in [0.25, 0.3) is 5.91 Å². The quantitative estimate of drug-likeness (QED) is 0.479. The smallest absolute Gasteiger partial charge is 0.259 e. The molecule has 2 N–H and O–H groups in total. The van der Waals surface area contributed by atoms with Crippen LogP contribution in [-0.4, -0.2) is 49.7 Å². The second-order valence-electron chi connectivity index (χ2n) is 8.38.